The average molecular weight is 350 g/mol. The summed E-state index contributed by atoms with van der Waals surface area (Å²) >= 11 is 0. The van der Waals surface area contributed by atoms with Crippen molar-refractivity contribution < 1.29 is 13.2 Å². The molecule has 1 aliphatic heterocycles. The van der Waals surface area contributed by atoms with Gasteiger partial charge >= 0.3 is 0 Å². The highest BCUT2D eigenvalue weighted by Gasteiger charge is 2.36. The Bertz CT molecular complexity index is 679. The molecule has 2 aliphatic rings. The lowest BCUT2D eigenvalue weighted by Crippen LogP contribution is -2.50. The van der Waals surface area contributed by atoms with E-state index in [-0.39, 0.29) is 4.90 Å². The molecular formula is C18H26N2O3S. The van der Waals surface area contributed by atoms with E-state index in [0.29, 0.717) is 18.9 Å². The molecule has 1 amide bonds. The lowest BCUT2D eigenvalue weighted by atomic mass is 9.84. The molecule has 0 aromatic heterocycles. The largest absolute Gasteiger partial charge is 0.368 e. The van der Waals surface area contributed by atoms with E-state index in [9.17, 15) is 13.2 Å². The van der Waals surface area contributed by atoms with E-state index in [1.165, 1.54) is 42.0 Å². The van der Waals surface area contributed by atoms with Crippen molar-refractivity contribution in [3.63, 3.8) is 0 Å². The number of benzene rings is 1. The van der Waals surface area contributed by atoms with E-state index in [1.54, 1.807) is 12.1 Å². The minimum Gasteiger partial charge on any atom is -0.368 e. The summed E-state index contributed by atoms with van der Waals surface area (Å²) in [7, 11) is -3.67. The molecule has 2 fully saturated rings. The van der Waals surface area contributed by atoms with Crippen LogP contribution >= 0.6 is 0 Å². The molecule has 0 radical (unpaired) electrons. The van der Waals surface area contributed by atoms with Gasteiger partial charge in [-0.3, -0.25) is 4.79 Å². The van der Waals surface area contributed by atoms with E-state index < -0.39 is 22.0 Å². The van der Waals surface area contributed by atoms with E-state index in [2.05, 4.69) is 0 Å². The Kier molecular flexibility index (Phi) is 5.25. The second kappa shape index (κ2) is 7.23. The highest BCUT2D eigenvalue weighted by atomic mass is 32.2. The third-order valence-corrected chi connectivity index (χ3v) is 7.27. The molecule has 1 saturated carbocycles. The molecular weight excluding hydrogens is 324 g/mol. The lowest BCUT2D eigenvalue weighted by molar-refractivity contribution is -0.122. The summed E-state index contributed by atoms with van der Waals surface area (Å²) in [5, 5.41) is 0. The summed E-state index contributed by atoms with van der Waals surface area (Å²) in [5.74, 6) is -0.0130. The van der Waals surface area contributed by atoms with Gasteiger partial charge in [0.25, 0.3) is 0 Å². The van der Waals surface area contributed by atoms with E-state index in [4.69, 9.17) is 5.73 Å². The van der Waals surface area contributed by atoms with Gasteiger partial charge in [-0.05, 0) is 49.3 Å². The van der Waals surface area contributed by atoms with Gasteiger partial charge in [-0.25, -0.2) is 8.42 Å². The minimum atomic E-state index is -3.67. The number of hydrogen-bond donors (Lipinski definition) is 1. The van der Waals surface area contributed by atoms with Crippen molar-refractivity contribution in [1.82, 2.24) is 4.31 Å². The normalized spacial score (nSPS) is 23.9. The number of nitrogens with zero attached hydrogens (tertiary/aromatic N) is 1. The number of amides is 1. The Labute approximate surface area is 144 Å². The number of rotatable bonds is 4. The lowest BCUT2D eigenvalue weighted by Gasteiger charge is -2.32. The van der Waals surface area contributed by atoms with Crippen molar-refractivity contribution in [2.45, 2.75) is 68.2 Å². The van der Waals surface area contributed by atoms with Crippen molar-refractivity contribution in [3.05, 3.63) is 29.8 Å². The van der Waals surface area contributed by atoms with Gasteiger partial charge in [0.05, 0.1) is 4.90 Å². The number of piperidine rings is 1. The summed E-state index contributed by atoms with van der Waals surface area (Å²) in [5.41, 5.74) is 6.63. The number of carbonyl (C=O) groups excluding carboxylic acids is 1. The molecule has 1 aromatic carbocycles. The first-order valence-corrected chi connectivity index (χ1v) is 10.4. The Morgan fingerprint density at radius 1 is 0.958 bits per heavy atom. The summed E-state index contributed by atoms with van der Waals surface area (Å²) in [6.45, 7) is 0.361. The molecule has 3 rings (SSSR count). The van der Waals surface area contributed by atoms with Crippen LogP contribution in [0.15, 0.2) is 29.2 Å². The molecule has 1 heterocycles. The first kappa shape index (κ1) is 17.4. The zero-order valence-electron chi connectivity index (χ0n) is 14.0. The fraction of sp³-hybridized carbons (Fsp3) is 0.611. The van der Waals surface area contributed by atoms with E-state index in [1.807, 2.05) is 12.1 Å². The van der Waals surface area contributed by atoms with Crippen molar-refractivity contribution in [1.29, 1.82) is 0 Å². The fourth-order valence-electron chi connectivity index (χ4n) is 3.96. The molecule has 1 saturated heterocycles. The van der Waals surface area contributed by atoms with Gasteiger partial charge in [-0.2, -0.15) is 4.31 Å². The molecule has 24 heavy (non-hydrogen) atoms. The van der Waals surface area contributed by atoms with Crippen LogP contribution in [0.5, 0.6) is 0 Å². The van der Waals surface area contributed by atoms with Crippen molar-refractivity contribution in [2.75, 3.05) is 6.54 Å². The van der Waals surface area contributed by atoms with Gasteiger partial charge < -0.3 is 5.73 Å². The smallest absolute Gasteiger partial charge is 0.243 e. The summed E-state index contributed by atoms with van der Waals surface area (Å²) < 4.78 is 27.1. The van der Waals surface area contributed by atoms with Crippen LogP contribution in [0.4, 0.5) is 0 Å². The van der Waals surface area contributed by atoms with Crippen LogP contribution in [-0.4, -0.2) is 31.2 Å². The molecule has 1 atom stereocenters. The molecule has 0 spiro atoms. The van der Waals surface area contributed by atoms with Crippen molar-refractivity contribution in [2.24, 2.45) is 5.73 Å². The SMILES string of the molecule is NC(=O)[C@@H]1CCCCN1S(=O)(=O)c1ccc(C2CCCCC2)cc1. The van der Waals surface area contributed by atoms with Gasteiger partial charge in [0.1, 0.15) is 6.04 Å². The number of primary amides is 1. The Morgan fingerprint density at radius 3 is 2.21 bits per heavy atom. The standard InChI is InChI=1S/C18H26N2O3S/c19-18(21)17-8-4-5-13-20(17)24(22,23)16-11-9-15(10-12-16)14-6-2-1-3-7-14/h9-12,14,17H,1-8,13H2,(H2,19,21)/t17-/m0/s1. The second-order valence-corrected chi connectivity index (χ2v) is 8.82. The van der Waals surface area contributed by atoms with Crippen LogP contribution in [0.3, 0.4) is 0 Å². The molecule has 0 unspecified atom stereocenters. The monoisotopic (exact) mass is 350 g/mol. The average Bonchev–Trinajstić information content (AvgIpc) is 2.62. The van der Waals surface area contributed by atoms with Crippen LogP contribution in [-0.2, 0) is 14.8 Å². The van der Waals surface area contributed by atoms with Crippen molar-refractivity contribution >= 4 is 15.9 Å². The van der Waals surface area contributed by atoms with Gasteiger partial charge in [0.15, 0.2) is 0 Å². The molecule has 1 aliphatic carbocycles. The van der Waals surface area contributed by atoms with Crippen LogP contribution in [0.25, 0.3) is 0 Å². The predicted molar refractivity (Wildman–Crippen MR) is 93.0 cm³/mol. The minimum absolute atomic E-state index is 0.259. The topological polar surface area (TPSA) is 80.5 Å². The van der Waals surface area contributed by atoms with E-state index in [0.717, 1.165) is 12.8 Å². The van der Waals surface area contributed by atoms with Crippen LogP contribution < -0.4 is 5.73 Å². The molecule has 5 nitrogen and oxygen atoms in total. The molecule has 0 bridgehead atoms. The van der Waals surface area contributed by atoms with Crippen molar-refractivity contribution in [3.8, 4) is 0 Å². The number of carbonyl (C=O) groups is 1. The Hall–Kier alpha value is -1.40. The third kappa shape index (κ3) is 3.49. The number of nitrogens with two attached hydrogens (primary N) is 1. The van der Waals surface area contributed by atoms with Crippen LogP contribution in [0.1, 0.15) is 62.8 Å². The first-order valence-electron chi connectivity index (χ1n) is 8.91. The maximum Gasteiger partial charge on any atom is 0.243 e. The highest BCUT2D eigenvalue weighted by molar-refractivity contribution is 7.89. The van der Waals surface area contributed by atoms with E-state index >= 15 is 0 Å². The van der Waals surface area contributed by atoms with Crippen LogP contribution in [0, 0.1) is 0 Å². The summed E-state index contributed by atoms with van der Waals surface area (Å²) in [4.78, 5) is 11.9. The Morgan fingerprint density at radius 2 is 1.58 bits per heavy atom. The quantitative estimate of drug-likeness (QED) is 0.906. The van der Waals surface area contributed by atoms with Gasteiger partial charge in [0, 0.05) is 6.54 Å². The summed E-state index contributed by atoms with van der Waals surface area (Å²) in [6.07, 6.45) is 8.27. The molecule has 132 valence electrons. The maximum atomic E-state index is 12.9. The first-order chi connectivity index (χ1) is 11.5. The van der Waals surface area contributed by atoms with Gasteiger partial charge in [-0.15, -0.1) is 0 Å². The highest BCUT2D eigenvalue weighted by Crippen LogP contribution is 2.33. The van der Waals surface area contributed by atoms with Crippen LogP contribution in [0.2, 0.25) is 0 Å². The summed E-state index contributed by atoms with van der Waals surface area (Å²) in [6, 6.07) is 6.53. The second-order valence-electron chi connectivity index (χ2n) is 6.93. The molecule has 2 N–H and O–H groups in total. The molecule has 1 aromatic rings. The number of hydrogen-bond acceptors (Lipinski definition) is 3. The number of sulfonamides is 1. The Balaban J connectivity index is 1.82. The zero-order chi connectivity index (χ0) is 17.2. The third-order valence-electron chi connectivity index (χ3n) is 5.35. The zero-order valence-corrected chi connectivity index (χ0v) is 14.8. The predicted octanol–water partition coefficient (Wildman–Crippen LogP) is 2.76. The van der Waals surface area contributed by atoms with Gasteiger partial charge in [-0.1, -0.05) is 37.8 Å². The molecule has 6 heteroatoms. The maximum absolute atomic E-state index is 12.9. The van der Waals surface area contributed by atoms with Gasteiger partial charge in [0.2, 0.25) is 15.9 Å². The fourth-order valence-corrected chi connectivity index (χ4v) is 5.62.